The number of aromatic nitrogens is 3. The van der Waals surface area contributed by atoms with Crippen molar-refractivity contribution in [2.24, 2.45) is 0 Å². The van der Waals surface area contributed by atoms with Crippen LogP contribution in [0.4, 0.5) is 11.6 Å². The van der Waals surface area contributed by atoms with Crippen LogP contribution in [0.5, 0.6) is 5.75 Å². The molecule has 1 atom stereocenters. The molecule has 0 amide bonds. The highest BCUT2D eigenvalue weighted by Gasteiger charge is 2.37. The number of carbonyl (C=O) groups is 1. The van der Waals surface area contributed by atoms with Crippen LogP contribution in [-0.2, 0) is 4.79 Å². The Labute approximate surface area is 177 Å². The Balaban J connectivity index is 1.64. The third-order valence-corrected chi connectivity index (χ3v) is 5.62. The summed E-state index contributed by atoms with van der Waals surface area (Å²) in [6.45, 7) is 0. The lowest BCUT2D eigenvalue weighted by Crippen LogP contribution is -2.31. The van der Waals surface area contributed by atoms with Crippen LogP contribution < -0.4 is 10.1 Å². The van der Waals surface area contributed by atoms with E-state index in [-0.39, 0.29) is 11.5 Å². The Kier molecular flexibility index (Phi) is 4.50. The number of benzene rings is 2. The highest BCUT2D eigenvalue weighted by atomic mass is 16.6. The van der Waals surface area contributed by atoms with Crippen molar-refractivity contribution in [3.63, 3.8) is 0 Å². The first-order valence-corrected chi connectivity index (χ1v) is 9.94. The smallest absolute Gasteiger partial charge is 0.269 e. The first-order chi connectivity index (χ1) is 15.0. The van der Waals surface area contributed by atoms with Crippen LogP contribution in [0.15, 0.2) is 59.8 Å². The lowest BCUT2D eigenvalue weighted by Gasteiger charge is -2.32. The van der Waals surface area contributed by atoms with Crippen molar-refractivity contribution in [1.82, 2.24) is 14.8 Å². The molecule has 156 valence electrons. The number of hydrogen-bond donors (Lipinski definition) is 1. The van der Waals surface area contributed by atoms with Gasteiger partial charge in [-0.2, -0.15) is 4.98 Å². The minimum atomic E-state index is -0.494. The maximum Gasteiger partial charge on any atom is 0.269 e. The van der Waals surface area contributed by atoms with Crippen molar-refractivity contribution in [3.05, 3.63) is 75.5 Å². The Morgan fingerprint density at radius 1 is 1.19 bits per heavy atom. The van der Waals surface area contributed by atoms with E-state index in [9.17, 15) is 14.9 Å². The lowest BCUT2D eigenvalue weighted by atomic mass is 9.85. The molecular weight excluding hydrogens is 398 g/mol. The zero-order valence-electron chi connectivity index (χ0n) is 16.7. The number of ether oxygens (including phenoxy) is 1. The SMILES string of the molecule is COc1cccc(-c2nc3n(n2)C(c2ccc([N+](=O)[O-])cc2)C2=C(CCCC2=O)N3)c1. The third kappa shape index (κ3) is 3.24. The quantitative estimate of drug-likeness (QED) is 0.506. The molecule has 0 bridgehead atoms. The molecule has 1 aliphatic carbocycles. The molecule has 5 rings (SSSR count). The van der Waals surface area contributed by atoms with Gasteiger partial charge in [-0.05, 0) is 42.7 Å². The number of non-ortho nitro benzene ring substituents is 1. The molecule has 1 N–H and O–H groups in total. The molecule has 2 aliphatic rings. The first-order valence-electron chi connectivity index (χ1n) is 9.94. The molecule has 3 aromatic rings. The lowest BCUT2D eigenvalue weighted by molar-refractivity contribution is -0.384. The number of nitro groups is 1. The fourth-order valence-corrected chi connectivity index (χ4v) is 4.13. The maximum atomic E-state index is 12.9. The van der Waals surface area contributed by atoms with E-state index in [1.165, 1.54) is 12.1 Å². The molecule has 1 aliphatic heterocycles. The predicted molar refractivity (Wildman–Crippen MR) is 113 cm³/mol. The van der Waals surface area contributed by atoms with Crippen molar-refractivity contribution < 1.29 is 14.5 Å². The number of allylic oxidation sites excluding steroid dienone is 2. The summed E-state index contributed by atoms with van der Waals surface area (Å²) in [7, 11) is 1.60. The molecule has 1 aromatic heterocycles. The summed E-state index contributed by atoms with van der Waals surface area (Å²) in [5.41, 5.74) is 3.03. The summed E-state index contributed by atoms with van der Waals surface area (Å²) in [6.07, 6.45) is 1.98. The standard InChI is InChI=1S/C22H19N5O4/c1-31-16-5-2-4-14(12-16)21-24-22-23-17-6-3-7-18(28)19(17)20(26(22)25-21)13-8-10-15(11-9-13)27(29)30/h2,4-5,8-12,20H,3,6-7H2,1H3,(H,23,24,25). The monoisotopic (exact) mass is 417 g/mol. The second-order valence-electron chi connectivity index (χ2n) is 7.48. The van der Waals surface area contributed by atoms with Crippen LogP contribution in [0.1, 0.15) is 30.9 Å². The molecule has 0 fully saturated rings. The zero-order valence-corrected chi connectivity index (χ0v) is 16.7. The number of nitro benzene ring substituents is 1. The summed E-state index contributed by atoms with van der Waals surface area (Å²) in [4.78, 5) is 28.2. The molecule has 2 heterocycles. The maximum absolute atomic E-state index is 12.9. The normalized spacial score (nSPS) is 17.6. The summed E-state index contributed by atoms with van der Waals surface area (Å²) < 4.78 is 7.00. The molecule has 0 spiro atoms. The Hall–Kier alpha value is -4.01. The van der Waals surface area contributed by atoms with Crippen LogP contribution in [0.2, 0.25) is 0 Å². The average molecular weight is 417 g/mol. The highest BCUT2D eigenvalue weighted by molar-refractivity contribution is 5.99. The molecule has 31 heavy (non-hydrogen) atoms. The minimum Gasteiger partial charge on any atom is -0.497 e. The molecule has 2 aromatic carbocycles. The van der Waals surface area contributed by atoms with E-state index < -0.39 is 11.0 Å². The number of carbonyl (C=O) groups excluding carboxylic acids is 1. The van der Waals surface area contributed by atoms with E-state index in [2.05, 4.69) is 10.3 Å². The van der Waals surface area contributed by atoms with E-state index >= 15 is 0 Å². The molecule has 0 saturated carbocycles. The number of Topliss-reactive ketones (excluding diaryl/α,β-unsaturated/α-hetero) is 1. The van der Waals surface area contributed by atoms with Gasteiger partial charge in [0.05, 0.1) is 12.0 Å². The van der Waals surface area contributed by atoms with Gasteiger partial charge in [0.1, 0.15) is 11.8 Å². The molecule has 9 heteroatoms. The van der Waals surface area contributed by atoms with Crippen LogP contribution in [0, 0.1) is 10.1 Å². The fraction of sp³-hybridized carbons (Fsp3) is 0.227. The van der Waals surface area contributed by atoms with Gasteiger partial charge in [0.25, 0.3) is 5.69 Å². The molecule has 0 radical (unpaired) electrons. The van der Waals surface area contributed by atoms with Gasteiger partial charge in [-0.25, -0.2) is 4.68 Å². The number of ketones is 1. The second kappa shape index (κ2) is 7.35. The van der Waals surface area contributed by atoms with Gasteiger partial charge in [-0.15, -0.1) is 5.10 Å². The van der Waals surface area contributed by atoms with Crippen molar-refractivity contribution >= 4 is 17.4 Å². The Morgan fingerprint density at radius 2 is 2.00 bits per heavy atom. The van der Waals surface area contributed by atoms with Gasteiger partial charge < -0.3 is 10.1 Å². The number of nitrogens with one attached hydrogen (secondary N) is 1. The zero-order chi connectivity index (χ0) is 21.5. The number of methoxy groups -OCH3 is 1. The van der Waals surface area contributed by atoms with Gasteiger partial charge in [-0.1, -0.05) is 12.1 Å². The first kappa shape index (κ1) is 19.0. The van der Waals surface area contributed by atoms with Crippen molar-refractivity contribution in [2.45, 2.75) is 25.3 Å². The number of hydrogen-bond acceptors (Lipinski definition) is 7. The second-order valence-corrected chi connectivity index (χ2v) is 7.48. The van der Waals surface area contributed by atoms with Gasteiger partial charge in [0, 0.05) is 35.4 Å². The predicted octanol–water partition coefficient (Wildman–Crippen LogP) is 3.88. The molecule has 0 saturated heterocycles. The number of fused-ring (bicyclic) bond motifs is 1. The molecular formula is C22H19N5O4. The fourth-order valence-electron chi connectivity index (χ4n) is 4.13. The summed E-state index contributed by atoms with van der Waals surface area (Å²) >= 11 is 0. The van der Waals surface area contributed by atoms with E-state index in [0.717, 1.165) is 29.7 Å². The van der Waals surface area contributed by atoms with E-state index in [1.54, 1.807) is 23.9 Å². The van der Waals surface area contributed by atoms with Gasteiger partial charge in [0.2, 0.25) is 5.95 Å². The number of anilines is 1. The van der Waals surface area contributed by atoms with Gasteiger partial charge in [-0.3, -0.25) is 14.9 Å². The minimum absolute atomic E-state index is 0.00209. The largest absolute Gasteiger partial charge is 0.497 e. The van der Waals surface area contributed by atoms with Gasteiger partial charge in [0.15, 0.2) is 11.6 Å². The third-order valence-electron chi connectivity index (χ3n) is 5.62. The van der Waals surface area contributed by atoms with Crippen LogP contribution in [-0.4, -0.2) is 32.6 Å². The Bertz CT molecular complexity index is 1230. The summed E-state index contributed by atoms with van der Waals surface area (Å²) in [6, 6.07) is 13.2. The van der Waals surface area contributed by atoms with Crippen molar-refractivity contribution in [2.75, 3.05) is 12.4 Å². The molecule has 1 unspecified atom stereocenters. The highest BCUT2D eigenvalue weighted by Crippen LogP contribution is 2.41. The molecule has 9 nitrogen and oxygen atoms in total. The van der Waals surface area contributed by atoms with Crippen molar-refractivity contribution in [3.8, 4) is 17.1 Å². The van der Waals surface area contributed by atoms with Crippen LogP contribution in [0.25, 0.3) is 11.4 Å². The van der Waals surface area contributed by atoms with Gasteiger partial charge >= 0.3 is 0 Å². The summed E-state index contributed by atoms with van der Waals surface area (Å²) in [5, 5.41) is 19.1. The van der Waals surface area contributed by atoms with Crippen LogP contribution >= 0.6 is 0 Å². The van der Waals surface area contributed by atoms with Crippen LogP contribution in [0.3, 0.4) is 0 Å². The average Bonchev–Trinajstić information content (AvgIpc) is 3.22. The van der Waals surface area contributed by atoms with E-state index in [0.29, 0.717) is 29.5 Å². The van der Waals surface area contributed by atoms with E-state index in [4.69, 9.17) is 9.84 Å². The Morgan fingerprint density at radius 3 is 2.74 bits per heavy atom. The topological polar surface area (TPSA) is 112 Å². The van der Waals surface area contributed by atoms with Crippen molar-refractivity contribution in [1.29, 1.82) is 0 Å². The number of rotatable bonds is 4. The number of nitrogens with zero attached hydrogens (tertiary/aromatic N) is 4. The van der Waals surface area contributed by atoms with E-state index in [1.807, 2.05) is 24.3 Å². The summed E-state index contributed by atoms with van der Waals surface area (Å²) in [5.74, 6) is 1.79.